The van der Waals surface area contributed by atoms with Crippen molar-refractivity contribution in [2.75, 3.05) is 4.72 Å². The van der Waals surface area contributed by atoms with Crippen LogP contribution in [-0.4, -0.2) is 13.5 Å². The van der Waals surface area contributed by atoms with E-state index in [9.17, 15) is 8.42 Å². The lowest BCUT2D eigenvalue weighted by molar-refractivity contribution is 0.282. The van der Waals surface area contributed by atoms with E-state index in [0.29, 0.717) is 11.3 Å². The zero-order chi connectivity index (χ0) is 16.4. The van der Waals surface area contributed by atoms with Crippen LogP contribution in [0.3, 0.4) is 0 Å². The second kappa shape index (κ2) is 6.10. The number of aliphatic hydroxyl groups excluding tert-OH is 1. The lowest BCUT2D eigenvalue weighted by Crippen LogP contribution is -2.15. The Morgan fingerprint density at radius 1 is 1.05 bits per heavy atom. The quantitative estimate of drug-likeness (QED) is 0.909. The predicted octanol–water partition coefficient (Wildman–Crippen LogP) is 3.28. The van der Waals surface area contributed by atoms with E-state index in [2.05, 4.69) is 25.5 Å². The topological polar surface area (TPSA) is 66.4 Å². The van der Waals surface area contributed by atoms with Gasteiger partial charge in [-0.25, -0.2) is 8.42 Å². The zero-order valence-electron chi connectivity index (χ0n) is 13.0. The Morgan fingerprint density at radius 2 is 1.68 bits per heavy atom. The molecule has 0 aliphatic rings. The van der Waals surface area contributed by atoms with Gasteiger partial charge in [0.15, 0.2) is 0 Å². The first kappa shape index (κ1) is 16.5. The summed E-state index contributed by atoms with van der Waals surface area (Å²) in [6, 6.07) is 13.6. The summed E-state index contributed by atoms with van der Waals surface area (Å²) < 4.78 is 27.3. The summed E-state index contributed by atoms with van der Waals surface area (Å²) in [6.07, 6.45) is 0. The van der Waals surface area contributed by atoms with Gasteiger partial charge in [0.25, 0.3) is 10.0 Å². The second-order valence-corrected chi connectivity index (χ2v) is 7.92. The number of rotatable bonds is 4. The number of benzene rings is 2. The van der Waals surface area contributed by atoms with Gasteiger partial charge in [0.05, 0.1) is 11.5 Å². The van der Waals surface area contributed by atoms with E-state index < -0.39 is 10.0 Å². The number of hydrogen-bond acceptors (Lipinski definition) is 3. The molecule has 5 heteroatoms. The van der Waals surface area contributed by atoms with Crippen LogP contribution in [-0.2, 0) is 22.0 Å². The van der Waals surface area contributed by atoms with Gasteiger partial charge in [0.2, 0.25) is 0 Å². The first-order chi connectivity index (χ1) is 10.2. The van der Waals surface area contributed by atoms with Gasteiger partial charge < -0.3 is 5.11 Å². The molecule has 2 aromatic carbocycles. The van der Waals surface area contributed by atoms with Gasteiger partial charge in [-0.1, -0.05) is 45.0 Å². The summed E-state index contributed by atoms with van der Waals surface area (Å²) in [4.78, 5) is 0.218. The fourth-order valence-electron chi connectivity index (χ4n) is 2.08. The van der Waals surface area contributed by atoms with Crippen LogP contribution in [0.25, 0.3) is 0 Å². The van der Waals surface area contributed by atoms with Gasteiger partial charge in [-0.05, 0) is 40.8 Å². The summed E-state index contributed by atoms with van der Waals surface area (Å²) in [6.45, 7) is 6.11. The number of nitrogens with one attached hydrogen (secondary N) is 1. The SMILES string of the molecule is CC(C)(C)c1ccc(S(=O)(=O)Nc2cccc(CO)c2)cc1. The molecule has 0 bridgehead atoms. The maximum absolute atomic E-state index is 12.4. The predicted molar refractivity (Wildman–Crippen MR) is 88.3 cm³/mol. The summed E-state index contributed by atoms with van der Waals surface area (Å²) in [5, 5.41) is 9.11. The Morgan fingerprint density at radius 3 is 2.23 bits per heavy atom. The highest BCUT2D eigenvalue weighted by Gasteiger charge is 2.17. The molecule has 118 valence electrons. The Hall–Kier alpha value is -1.85. The molecule has 2 aromatic rings. The van der Waals surface area contributed by atoms with Gasteiger partial charge >= 0.3 is 0 Å². The molecule has 0 aliphatic heterocycles. The van der Waals surface area contributed by atoms with Crippen LogP contribution in [0.15, 0.2) is 53.4 Å². The third-order valence-electron chi connectivity index (χ3n) is 3.39. The molecule has 22 heavy (non-hydrogen) atoms. The molecular weight excluding hydrogens is 298 g/mol. The van der Waals surface area contributed by atoms with Crippen LogP contribution in [0.1, 0.15) is 31.9 Å². The maximum atomic E-state index is 12.4. The van der Waals surface area contributed by atoms with Crippen LogP contribution >= 0.6 is 0 Å². The Balaban J connectivity index is 2.26. The van der Waals surface area contributed by atoms with E-state index in [-0.39, 0.29) is 16.9 Å². The molecule has 0 spiro atoms. The molecule has 0 atom stereocenters. The van der Waals surface area contributed by atoms with Crippen molar-refractivity contribution < 1.29 is 13.5 Å². The number of anilines is 1. The normalized spacial score (nSPS) is 12.2. The van der Waals surface area contributed by atoms with E-state index in [1.165, 1.54) is 0 Å². The van der Waals surface area contributed by atoms with Crippen molar-refractivity contribution >= 4 is 15.7 Å². The highest BCUT2D eigenvalue weighted by atomic mass is 32.2. The molecule has 0 fully saturated rings. The van der Waals surface area contributed by atoms with Gasteiger partial charge in [-0.15, -0.1) is 0 Å². The Bertz CT molecular complexity index is 744. The van der Waals surface area contributed by atoms with E-state index in [1.807, 2.05) is 12.1 Å². The molecule has 0 saturated carbocycles. The van der Waals surface area contributed by atoms with Crippen molar-refractivity contribution in [3.8, 4) is 0 Å². The lowest BCUT2D eigenvalue weighted by atomic mass is 9.87. The van der Waals surface area contributed by atoms with Crippen LogP contribution < -0.4 is 4.72 Å². The van der Waals surface area contributed by atoms with Crippen molar-refractivity contribution in [1.82, 2.24) is 0 Å². The third-order valence-corrected chi connectivity index (χ3v) is 4.79. The summed E-state index contributed by atoms with van der Waals surface area (Å²) in [7, 11) is -3.63. The Kier molecular flexibility index (Phi) is 4.58. The molecular formula is C17H21NO3S. The Labute approximate surface area is 131 Å². The van der Waals surface area contributed by atoms with Crippen molar-refractivity contribution in [2.45, 2.75) is 37.7 Å². The van der Waals surface area contributed by atoms with Gasteiger partial charge in [-0.3, -0.25) is 4.72 Å². The molecule has 0 amide bonds. The van der Waals surface area contributed by atoms with E-state index in [4.69, 9.17) is 5.11 Å². The van der Waals surface area contributed by atoms with Crippen LogP contribution in [0.2, 0.25) is 0 Å². The summed E-state index contributed by atoms with van der Waals surface area (Å²) in [5.41, 5.74) is 2.15. The molecule has 0 unspecified atom stereocenters. The highest BCUT2D eigenvalue weighted by Crippen LogP contribution is 2.24. The number of sulfonamides is 1. The van der Waals surface area contributed by atoms with Gasteiger partial charge in [0.1, 0.15) is 0 Å². The molecule has 0 saturated heterocycles. The average Bonchev–Trinajstić information content (AvgIpc) is 2.46. The molecule has 0 heterocycles. The standard InChI is InChI=1S/C17H21NO3S/c1-17(2,3)14-7-9-16(10-8-14)22(20,21)18-15-6-4-5-13(11-15)12-19/h4-11,18-19H,12H2,1-3H3. The molecule has 0 aliphatic carbocycles. The largest absolute Gasteiger partial charge is 0.392 e. The molecule has 0 aromatic heterocycles. The first-order valence-corrected chi connectivity index (χ1v) is 8.54. The fourth-order valence-corrected chi connectivity index (χ4v) is 3.13. The van der Waals surface area contributed by atoms with E-state index in [1.54, 1.807) is 36.4 Å². The minimum absolute atomic E-state index is 0.0226. The smallest absolute Gasteiger partial charge is 0.261 e. The van der Waals surface area contributed by atoms with Crippen LogP contribution in [0, 0.1) is 0 Å². The minimum atomic E-state index is -3.63. The second-order valence-electron chi connectivity index (χ2n) is 6.24. The van der Waals surface area contributed by atoms with Crippen LogP contribution in [0.5, 0.6) is 0 Å². The van der Waals surface area contributed by atoms with E-state index in [0.717, 1.165) is 5.56 Å². The first-order valence-electron chi connectivity index (χ1n) is 7.05. The molecule has 2 rings (SSSR count). The lowest BCUT2D eigenvalue weighted by Gasteiger charge is -2.19. The molecule has 2 N–H and O–H groups in total. The maximum Gasteiger partial charge on any atom is 0.261 e. The minimum Gasteiger partial charge on any atom is -0.392 e. The van der Waals surface area contributed by atoms with Crippen LogP contribution in [0.4, 0.5) is 5.69 Å². The summed E-state index contributed by atoms with van der Waals surface area (Å²) >= 11 is 0. The molecule has 0 radical (unpaired) electrons. The van der Waals surface area contributed by atoms with Crippen molar-refractivity contribution in [3.05, 3.63) is 59.7 Å². The fraction of sp³-hybridized carbons (Fsp3) is 0.294. The zero-order valence-corrected chi connectivity index (χ0v) is 13.8. The third kappa shape index (κ3) is 3.87. The highest BCUT2D eigenvalue weighted by molar-refractivity contribution is 7.92. The van der Waals surface area contributed by atoms with Crippen molar-refractivity contribution in [3.63, 3.8) is 0 Å². The number of aliphatic hydroxyl groups is 1. The van der Waals surface area contributed by atoms with Crippen molar-refractivity contribution in [2.24, 2.45) is 0 Å². The van der Waals surface area contributed by atoms with Gasteiger partial charge in [0, 0.05) is 5.69 Å². The van der Waals surface area contributed by atoms with Crippen molar-refractivity contribution in [1.29, 1.82) is 0 Å². The summed E-state index contributed by atoms with van der Waals surface area (Å²) in [5.74, 6) is 0. The van der Waals surface area contributed by atoms with E-state index >= 15 is 0 Å². The van der Waals surface area contributed by atoms with Gasteiger partial charge in [-0.2, -0.15) is 0 Å². The number of hydrogen-bond donors (Lipinski definition) is 2. The molecule has 4 nitrogen and oxygen atoms in total. The monoisotopic (exact) mass is 319 g/mol. The average molecular weight is 319 g/mol.